The van der Waals surface area contributed by atoms with Gasteiger partial charge < -0.3 is 0 Å². The van der Waals surface area contributed by atoms with Crippen LogP contribution in [-0.2, 0) is 4.79 Å². The van der Waals surface area contributed by atoms with Gasteiger partial charge in [0.2, 0.25) is 0 Å². The Morgan fingerprint density at radius 3 is 2.00 bits per heavy atom. The first-order valence-electron chi connectivity index (χ1n) is 2.73. The lowest BCUT2D eigenvalue weighted by Gasteiger charge is -1.95. The fourth-order valence-electron chi connectivity index (χ4n) is 0.390. The van der Waals surface area contributed by atoms with E-state index in [-0.39, 0.29) is 5.78 Å². The first kappa shape index (κ1) is 8.08. The number of carbonyl (C=O) groups excluding carboxylic acids is 1. The van der Waals surface area contributed by atoms with Gasteiger partial charge in [-0.25, -0.2) is 0 Å². The van der Waals surface area contributed by atoms with Crippen molar-refractivity contribution in [3.05, 3.63) is 12.2 Å². The molecule has 2 nitrogen and oxygen atoms in total. The molecule has 0 aliphatic rings. The monoisotopic (exact) mass is 125 g/mol. The van der Waals surface area contributed by atoms with Gasteiger partial charge in [-0.2, -0.15) is 0 Å². The Hall–Kier alpha value is -0.920. The molecule has 50 valence electrons. The zero-order valence-corrected chi connectivity index (χ0v) is 6.06. The number of allylic oxidation sites excluding steroid dienone is 1. The number of aliphatic imine (C=N–C) groups is 1. The van der Waals surface area contributed by atoms with Crippen LogP contribution in [0.3, 0.4) is 0 Å². The Kier molecular flexibility index (Phi) is 2.85. The smallest absolute Gasteiger partial charge is 0.161 e. The minimum atomic E-state index is -0.0156. The van der Waals surface area contributed by atoms with Crippen molar-refractivity contribution >= 4 is 11.5 Å². The minimum absolute atomic E-state index is 0.0156. The van der Waals surface area contributed by atoms with E-state index in [1.165, 1.54) is 6.92 Å². The van der Waals surface area contributed by atoms with Crippen LogP contribution < -0.4 is 0 Å². The molecule has 0 N–H and O–H groups in total. The minimum Gasteiger partial charge on any atom is -0.294 e. The second kappa shape index (κ2) is 3.17. The molecule has 0 aromatic carbocycles. The summed E-state index contributed by atoms with van der Waals surface area (Å²) in [7, 11) is 1.64. The van der Waals surface area contributed by atoms with Crippen molar-refractivity contribution in [3.8, 4) is 0 Å². The van der Waals surface area contributed by atoms with Gasteiger partial charge in [-0.15, -0.1) is 0 Å². The topological polar surface area (TPSA) is 29.4 Å². The quantitative estimate of drug-likeness (QED) is 0.403. The summed E-state index contributed by atoms with van der Waals surface area (Å²) in [6.07, 6.45) is 0. The van der Waals surface area contributed by atoms with Crippen molar-refractivity contribution in [1.82, 2.24) is 0 Å². The molecular formula is C7H11NO. The van der Waals surface area contributed by atoms with Crippen LogP contribution >= 0.6 is 0 Å². The summed E-state index contributed by atoms with van der Waals surface area (Å²) in [6.45, 7) is 6.80. The molecule has 0 amide bonds. The molecular weight excluding hydrogens is 114 g/mol. The van der Waals surface area contributed by atoms with E-state index < -0.39 is 0 Å². The molecule has 0 aromatic rings. The molecule has 0 aromatic heterocycles. The average molecular weight is 125 g/mol. The highest BCUT2D eigenvalue weighted by Gasteiger charge is 2.01. The third kappa shape index (κ3) is 2.22. The van der Waals surface area contributed by atoms with E-state index in [0.717, 1.165) is 0 Å². The van der Waals surface area contributed by atoms with Gasteiger partial charge in [0.15, 0.2) is 5.78 Å². The maximum absolute atomic E-state index is 10.6. The summed E-state index contributed by atoms with van der Waals surface area (Å²) < 4.78 is 0. The maximum atomic E-state index is 10.6. The normalized spacial score (nSPS) is 11.2. The molecule has 9 heavy (non-hydrogen) atoms. The van der Waals surface area contributed by atoms with E-state index in [1.807, 2.05) is 0 Å². The van der Waals surface area contributed by atoms with Crippen molar-refractivity contribution in [3.63, 3.8) is 0 Å². The maximum Gasteiger partial charge on any atom is 0.161 e. The van der Waals surface area contributed by atoms with Crippen molar-refractivity contribution < 1.29 is 4.79 Å². The van der Waals surface area contributed by atoms with E-state index in [9.17, 15) is 4.79 Å². The second-order valence-corrected chi connectivity index (χ2v) is 1.84. The lowest BCUT2D eigenvalue weighted by Crippen LogP contribution is -2.04. The van der Waals surface area contributed by atoms with Crippen LogP contribution in [0.15, 0.2) is 17.1 Å². The van der Waals surface area contributed by atoms with Crippen LogP contribution in [0, 0.1) is 0 Å². The van der Waals surface area contributed by atoms with Gasteiger partial charge in [0, 0.05) is 18.3 Å². The third-order valence-electron chi connectivity index (χ3n) is 1.20. The molecule has 0 saturated carbocycles. The summed E-state index contributed by atoms with van der Waals surface area (Å²) in [5.41, 5.74) is 1.21. The molecule has 2 heteroatoms. The number of nitrogens with zero attached hydrogens (tertiary/aromatic N) is 1. The van der Waals surface area contributed by atoms with Crippen LogP contribution in [0.5, 0.6) is 0 Å². The number of Topliss-reactive ketones (excluding diaryl/α,β-unsaturated/α-hetero) is 1. The van der Waals surface area contributed by atoms with Gasteiger partial charge >= 0.3 is 0 Å². The SMILES string of the molecule is C=C(C(C)=O)C(C)=NC. The Morgan fingerprint density at radius 2 is 1.89 bits per heavy atom. The molecule has 0 bridgehead atoms. The molecule has 0 aliphatic heterocycles. The molecule has 0 unspecified atom stereocenters. The largest absolute Gasteiger partial charge is 0.294 e. The van der Waals surface area contributed by atoms with Crippen molar-refractivity contribution in [2.24, 2.45) is 4.99 Å². The number of hydrogen-bond donors (Lipinski definition) is 0. The van der Waals surface area contributed by atoms with Crippen LogP contribution in [0.4, 0.5) is 0 Å². The Balaban J connectivity index is 4.23. The van der Waals surface area contributed by atoms with Crippen LogP contribution in [0.2, 0.25) is 0 Å². The predicted octanol–water partition coefficient (Wildman–Crippen LogP) is 1.22. The van der Waals surface area contributed by atoms with Gasteiger partial charge in [-0.05, 0) is 13.8 Å². The van der Waals surface area contributed by atoms with E-state index >= 15 is 0 Å². The van der Waals surface area contributed by atoms with E-state index in [2.05, 4.69) is 11.6 Å². The summed E-state index contributed by atoms with van der Waals surface area (Å²) in [4.78, 5) is 14.4. The highest BCUT2D eigenvalue weighted by molar-refractivity contribution is 6.20. The fraction of sp³-hybridized carbons (Fsp3) is 0.429. The Bertz CT molecular complexity index is 168. The molecule has 0 aliphatic carbocycles. The van der Waals surface area contributed by atoms with E-state index in [1.54, 1.807) is 14.0 Å². The van der Waals surface area contributed by atoms with Crippen molar-refractivity contribution in [1.29, 1.82) is 0 Å². The number of carbonyl (C=O) groups is 1. The number of rotatable bonds is 2. The standard InChI is InChI=1S/C7H11NO/c1-5(7(3)9)6(2)8-4/h1H2,2-4H3. The molecule has 0 atom stereocenters. The molecule has 0 radical (unpaired) electrons. The summed E-state index contributed by atoms with van der Waals surface area (Å²) >= 11 is 0. The second-order valence-electron chi connectivity index (χ2n) is 1.84. The van der Waals surface area contributed by atoms with E-state index in [4.69, 9.17) is 0 Å². The van der Waals surface area contributed by atoms with Gasteiger partial charge in [-0.1, -0.05) is 6.58 Å². The summed E-state index contributed by atoms with van der Waals surface area (Å²) in [6, 6.07) is 0. The van der Waals surface area contributed by atoms with Crippen LogP contribution in [0.1, 0.15) is 13.8 Å². The molecule has 0 rings (SSSR count). The Labute approximate surface area is 55.3 Å². The van der Waals surface area contributed by atoms with Crippen LogP contribution in [0.25, 0.3) is 0 Å². The van der Waals surface area contributed by atoms with Gasteiger partial charge in [0.1, 0.15) is 0 Å². The molecule has 0 saturated heterocycles. The summed E-state index contributed by atoms with van der Waals surface area (Å²) in [5, 5.41) is 0. The van der Waals surface area contributed by atoms with Crippen LogP contribution in [-0.4, -0.2) is 18.5 Å². The number of ketones is 1. The zero-order chi connectivity index (χ0) is 7.44. The lowest BCUT2D eigenvalue weighted by molar-refractivity contribution is -0.113. The zero-order valence-electron chi connectivity index (χ0n) is 6.06. The molecule has 0 fully saturated rings. The highest BCUT2D eigenvalue weighted by atomic mass is 16.1. The fourth-order valence-corrected chi connectivity index (χ4v) is 0.390. The molecule has 0 heterocycles. The van der Waals surface area contributed by atoms with E-state index in [0.29, 0.717) is 11.3 Å². The van der Waals surface area contributed by atoms with Gasteiger partial charge in [0.05, 0.1) is 0 Å². The van der Waals surface area contributed by atoms with Crippen molar-refractivity contribution in [2.75, 3.05) is 7.05 Å². The third-order valence-corrected chi connectivity index (χ3v) is 1.20. The Morgan fingerprint density at radius 1 is 1.44 bits per heavy atom. The molecule has 0 spiro atoms. The summed E-state index contributed by atoms with van der Waals surface area (Å²) in [5.74, 6) is -0.0156. The lowest BCUT2D eigenvalue weighted by atomic mass is 10.1. The highest BCUT2D eigenvalue weighted by Crippen LogP contribution is 1.94. The van der Waals surface area contributed by atoms with Gasteiger partial charge in [-0.3, -0.25) is 9.79 Å². The first-order valence-corrected chi connectivity index (χ1v) is 2.73. The number of hydrogen-bond acceptors (Lipinski definition) is 2. The van der Waals surface area contributed by atoms with Crippen molar-refractivity contribution in [2.45, 2.75) is 13.8 Å². The first-order chi connectivity index (χ1) is 4.09. The van der Waals surface area contributed by atoms with Gasteiger partial charge in [0.25, 0.3) is 0 Å². The predicted molar refractivity (Wildman–Crippen MR) is 38.9 cm³/mol. The average Bonchev–Trinajstić information content (AvgIpc) is 1.84.